The maximum atomic E-state index is 5.75. The van der Waals surface area contributed by atoms with Gasteiger partial charge in [0.2, 0.25) is 0 Å². The first kappa shape index (κ1) is 11.4. The molecule has 3 atom stereocenters. The number of nitrogens with one attached hydrogen (secondary N) is 2. The van der Waals surface area contributed by atoms with Crippen LogP contribution in [0.4, 0.5) is 0 Å². The number of hydrogen-bond donors (Lipinski definition) is 2. The predicted octanol–water partition coefficient (Wildman–Crippen LogP) is 1.14. The molecule has 2 rings (SSSR count). The van der Waals surface area contributed by atoms with E-state index in [-0.39, 0.29) is 5.60 Å². The van der Waals surface area contributed by atoms with Gasteiger partial charge in [-0.2, -0.15) is 0 Å². The summed E-state index contributed by atoms with van der Waals surface area (Å²) < 4.78 is 5.75. The fourth-order valence-electron chi connectivity index (χ4n) is 2.69. The molecule has 2 fully saturated rings. The molecule has 0 bridgehead atoms. The molecule has 0 amide bonds. The van der Waals surface area contributed by atoms with Gasteiger partial charge >= 0.3 is 0 Å². The molecule has 0 saturated carbocycles. The zero-order chi connectivity index (χ0) is 10.7. The third-order valence-corrected chi connectivity index (χ3v) is 3.89. The number of hydrogen-bond acceptors (Lipinski definition) is 3. The molecule has 0 aromatic heterocycles. The standard InChI is InChI=1S/C12H24N2O/c1-10-11(4-6-14-10)8-13-9-12(2)5-3-7-15-12/h10-11,13-14H,3-9H2,1-2H3. The molecule has 2 N–H and O–H groups in total. The highest BCUT2D eigenvalue weighted by Crippen LogP contribution is 2.24. The Hall–Kier alpha value is -0.120. The minimum Gasteiger partial charge on any atom is -0.374 e. The highest BCUT2D eigenvalue weighted by molar-refractivity contribution is 4.85. The summed E-state index contributed by atoms with van der Waals surface area (Å²) in [5, 5.41) is 7.06. The van der Waals surface area contributed by atoms with Gasteiger partial charge in [-0.25, -0.2) is 0 Å². The van der Waals surface area contributed by atoms with Crippen LogP contribution in [-0.4, -0.2) is 37.9 Å². The van der Waals surface area contributed by atoms with Crippen LogP contribution in [0.25, 0.3) is 0 Å². The van der Waals surface area contributed by atoms with Gasteiger partial charge in [0.1, 0.15) is 0 Å². The van der Waals surface area contributed by atoms with Crippen molar-refractivity contribution in [3.05, 3.63) is 0 Å². The molecule has 0 radical (unpaired) electrons. The second-order valence-electron chi connectivity index (χ2n) is 5.32. The van der Waals surface area contributed by atoms with E-state index in [2.05, 4.69) is 24.5 Å². The van der Waals surface area contributed by atoms with Gasteiger partial charge in [0.15, 0.2) is 0 Å². The Kier molecular flexibility index (Phi) is 3.65. The summed E-state index contributed by atoms with van der Waals surface area (Å²) >= 11 is 0. The summed E-state index contributed by atoms with van der Waals surface area (Å²) in [6.45, 7) is 8.78. The lowest BCUT2D eigenvalue weighted by Crippen LogP contribution is -2.40. The van der Waals surface area contributed by atoms with Crippen LogP contribution in [0, 0.1) is 5.92 Å². The lowest BCUT2D eigenvalue weighted by atomic mass is 10.00. The Balaban J connectivity index is 1.65. The van der Waals surface area contributed by atoms with Crippen molar-refractivity contribution in [3.8, 4) is 0 Å². The lowest BCUT2D eigenvalue weighted by Gasteiger charge is -2.25. The maximum absolute atomic E-state index is 5.75. The Morgan fingerprint density at radius 1 is 1.53 bits per heavy atom. The van der Waals surface area contributed by atoms with Crippen molar-refractivity contribution in [2.75, 3.05) is 26.2 Å². The van der Waals surface area contributed by atoms with E-state index in [9.17, 15) is 0 Å². The highest BCUT2D eigenvalue weighted by Gasteiger charge is 2.30. The van der Waals surface area contributed by atoms with Crippen LogP contribution in [0.2, 0.25) is 0 Å². The van der Waals surface area contributed by atoms with Gasteiger partial charge in [0, 0.05) is 19.2 Å². The number of rotatable bonds is 4. The van der Waals surface area contributed by atoms with E-state index in [0.717, 1.165) is 25.6 Å². The van der Waals surface area contributed by atoms with Gasteiger partial charge in [-0.3, -0.25) is 0 Å². The van der Waals surface area contributed by atoms with Crippen molar-refractivity contribution in [3.63, 3.8) is 0 Å². The van der Waals surface area contributed by atoms with E-state index < -0.39 is 0 Å². The van der Waals surface area contributed by atoms with E-state index >= 15 is 0 Å². The van der Waals surface area contributed by atoms with E-state index in [1.54, 1.807) is 0 Å². The van der Waals surface area contributed by atoms with Gasteiger partial charge in [-0.05, 0) is 52.1 Å². The second-order valence-corrected chi connectivity index (χ2v) is 5.32. The van der Waals surface area contributed by atoms with E-state index in [1.165, 1.54) is 25.8 Å². The third kappa shape index (κ3) is 2.92. The third-order valence-electron chi connectivity index (χ3n) is 3.89. The van der Waals surface area contributed by atoms with Gasteiger partial charge in [-0.15, -0.1) is 0 Å². The first-order valence-electron chi connectivity index (χ1n) is 6.28. The molecular weight excluding hydrogens is 188 g/mol. The SMILES string of the molecule is CC1NCCC1CNCC1(C)CCCO1. The van der Waals surface area contributed by atoms with Crippen LogP contribution < -0.4 is 10.6 Å². The predicted molar refractivity (Wildman–Crippen MR) is 62.0 cm³/mol. The van der Waals surface area contributed by atoms with Crippen LogP contribution in [0.15, 0.2) is 0 Å². The first-order valence-corrected chi connectivity index (χ1v) is 6.28. The molecule has 3 nitrogen and oxygen atoms in total. The zero-order valence-corrected chi connectivity index (χ0v) is 10.0. The van der Waals surface area contributed by atoms with E-state index in [0.29, 0.717) is 6.04 Å². The molecule has 0 spiro atoms. The molecule has 15 heavy (non-hydrogen) atoms. The molecule has 3 unspecified atom stereocenters. The fourth-order valence-corrected chi connectivity index (χ4v) is 2.69. The Labute approximate surface area is 93.0 Å². The molecule has 2 saturated heterocycles. The van der Waals surface area contributed by atoms with Gasteiger partial charge in [-0.1, -0.05) is 0 Å². The summed E-state index contributed by atoms with van der Waals surface area (Å²) in [6, 6.07) is 0.676. The van der Waals surface area contributed by atoms with Crippen LogP contribution in [0.5, 0.6) is 0 Å². The molecule has 88 valence electrons. The van der Waals surface area contributed by atoms with Crippen LogP contribution in [0.3, 0.4) is 0 Å². The fraction of sp³-hybridized carbons (Fsp3) is 1.00. The molecule has 2 heterocycles. The van der Waals surface area contributed by atoms with Crippen molar-refractivity contribution >= 4 is 0 Å². The summed E-state index contributed by atoms with van der Waals surface area (Å²) in [5.41, 5.74) is 0.106. The van der Waals surface area contributed by atoms with Gasteiger partial charge in [0.05, 0.1) is 5.60 Å². The minimum absolute atomic E-state index is 0.106. The zero-order valence-electron chi connectivity index (χ0n) is 10.0. The molecular formula is C12H24N2O. The molecule has 0 aromatic rings. The van der Waals surface area contributed by atoms with Gasteiger partial charge in [0.25, 0.3) is 0 Å². The topological polar surface area (TPSA) is 33.3 Å². The second kappa shape index (κ2) is 4.81. The minimum atomic E-state index is 0.106. The summed E-state index contributed by atoms with van der Waals surface area (Å²) in [5.74, 6) is 0.801. The molecule has 0 aromatic carbocycles. The van der Waals surface area contributed by atoms with Crippen molar-refractivity contribution < 1.29 is 4.74 Å². The van der Waals surface area contributed by atoms with E-state index in [1.807, 2.05) is 0 Å². The number of ether oxygens (including phenoxy) is 1. The Morgan fingerprint density at radius 3 is 3.00 bits per heavy atom. The molecule has 2 aliphatic rings. The van der Waals surface area contributed by atoms with Crippen LogP contribution in [-0.2, 0) is 4.74 Å². The highest BCUT2D eigenvalue weighted by atomic mass is 16.5. The average Bonchev–Trinajstić information content (AvgIpc) is 2.78. The normalized spacial score (nSPS) is 41.2. The summed E-state index contributed by atoms with van der Waals surface area (Å²) in [7, 11) is 0. The van der Waals surface area contributed by atoms with Crippen LogP contribution in [0.1, 0.15) is 33.1 Å². The summed E-state index contributed by atoms with van der Waals surface area (Å²) in [6.07, 6.45) is 3.74. The van der Waals surface area contributed by atoms with E-state index in [4.69, 9.17) is 4.74 Å². The molecule has 2 aliphatic heterocycles. The maximum Gasteiger partial charge on any atom is 0.0779 e. The van der Waals surface area contributed by atoms with Gasteiger partial charge < -0.3 is 15.4 Å². The average molecular weight is 212 g/mol. The quantitative estimate of drug-likeness (QED) is 0.733. The summed E-state index contributed by atoms with van der Waals surface area (Å²) in [4.78, 5) is 0. The Bertz CT molecular complexity index is 202. The van der Waals surface area contributed by atoms with Crippen LogP contribution >= 0.6 is 0 Å². The smallest absolute Gasteiger partial charge is 0.0779 e. The Morgan fingerprint density at radius 2 is 2.40 bits per heavy atom. The lowest BCUT2D eigenvalue weighted by molar-refractivity contribution is 0.0202. The molecule has 0 aliphatic carbocycles. The van der Waals surface area contributed by atoms with Crippen molar-refractivity contribution in [2.45, 2.75) is 44.8 Å². The monoisotopic (exact) mass is 212 g/mol. The molecule has 3 heteroatoms. The van der Waals surface area contributed by atoms with Crippen molar-refractivity contribution in [1.82, 2.24) is 10.6 Å². The largest absolute Gasteiger partial charge is 0.374 e. The van der Waals surface area contributed by atoms with Crippen molar-refractivity contribution in [2.24, 2.45) is 5.92 Å². The van der Waals surface area contributed by atoms with Crippen molar-refractivity contribution in [1.29, 1.82) is 0 Å². The first-order chi connectivity index (χ1) is 7.20.